The molecule has 0 aliphatic heterocycles. The largest absolute Gasteiger partial charge is 0.308 e. The molecule has 0 saturated heterocycles. The molecule has 5 heteroatoms. The maximum atomic E-state index is 14.1. The molecule has 0 fully saturated rings. The zero-order valence-corrected chi connectivity index (χ0v) is 12.3. The molecular weight excluding hydrogens is 320 g/mol. The minimum atomic E-state index is -0.555. The minimum absolute atomic E-state index is 0.0497. The quantitative estimate of drug-likeness (QED) is 0.821. The van der Waals surface area contributed by atoms with Crippen molar-refractivity contribution in [2.75, 3.05) is 7.05 Å². The summed E-state index contributed by atoms with van der Waals surface area (Å²) in [5, 5.41) is 2.97. The molecule has 0 amide bonds. The van der Waals surface area contributed by atoms with Gasteiger partial charge in [-0.25, -0.2) is 8.78 Å². The lowest BCUT2D eigenvalue weighted by Gasteiger charge is -2.17. The zero-order chi connectivity index (χ0) is 13.3. The molecule has 2 rings (SSSR count). The van der Waals surface area contributed by atoms with Gasteiger partial charge in [0, 0.05) is 15.3 Å². The van der Waals surface area contributed by atoms with Gasteiger partial charge >= 0.3 is 0 Å². The van der Waals surface area contributed by atoms with Gasteiger partial charge in [-0.05, 0) is 54.2 Å². The van der Waals surface area contributed by atoms with Crippen molar-refractivity contribution in [1.29, 1.82) is 0 Å². The van der Waals surface area contributed by atoms with E-state index in [1.54, 1.807) is 7.05 Å². The summed E-state index contributed by atoms with van der Waals surface area (Å²) in [5.74, 6) is -1.10. The highest BCUT2D eigenvalue weighted by molar-refractivity contribution is 9.10. The van der Waals surface area contributed by atoms with Crippen molar-refractivity contribution < 1.29 is 8.78 Å². The van der Waals surface area contributed by atoms with Gasteiger partial charge in [-0.15, -0.1) is 11.3 Å². The van der Waals surface area contributed by atoms with Crippen LogP contribution in [0.1, 0.15) is 21.4 Å². The normalized spacial score (nSPS) is 12.7. The number of rotatable bonds is 3. The predicted molar refractivity (Wildman–Crippen MR) is 74.0 cm³/mol. The summed E-state index contributed by atoms with van der Waals surface area (Å²) in [6, 6.07) is 6.01. The highest BCUT2D eigenvalue weighted by atomic mass is 79.9. The van der Waals surface area contributed by atoms with Crippen LogP contribution in [-0.2, 0) is 0 Å². The summed E-state index contributed by atoms with van der Waals surface area (Å²) < 4.78 is 28.2. The highest BCUT2D eigenvalue weighted by Crippen LogP contribution is 2.33. The van der Waals surface area contributed by atoms with E-state index in [0.29, 0.717) is 0 Å². The van der Waals surface area contributed by atoms with Crippen LogP contribution in [0.4, 0.5) is 8.78 Å². The third kappa shape index (κ3) is 2.48. The van der Waals surface area contributed by atoms with E-state index < -0.39 is 17.7 Å². The molecule has 1 unspecified atom stereocenters. The van der Waals surface area contributed by atoms with Gasteiger partial charge in [0.1, 0.15) is 11.6 Å². The van der Waals surface area contributed by atoms with Crippen LogP contribution in [0.25, 0.3) is 0 Å². The van der Waals surface area contributed by atoms with Crippen molar-refractivity contribution >= 4 is 27.3 Å². The molecule has 1 atom stereocenters. The zero-order valence-electron chi connectivity index (χ0n) is 9.93. The predicted octanol–water partition coefficient (Wildman–Crippen LogP) is 4.41. The lowest BCUT2D eigenvalue weighted by atomic mass is 10.0. The number of nitrogens with one attached hydrogen (secondary N) is 1. The van der Waals surface area contributed by atoms with Crippen LogP contribution in [0.5, 0.6) is 0 Å². The van der Waals surface area contributed by atoms with Crippen molar-refractivity contribution in [1.82, 2.24) is 5.32 Å². The Morgan fingerprint density at radius 3 is 2.50 bits per heavy atom. The van der Waals surface area contributed by atoms with Gasteiger partial charge in [0.15, 0.2) is 0 Å². The van der Waals surface area contributed by atoms with E-state index >= 15 is 0 Å². The number of thiophene rings is 1. The van der Waals surface area contributed by atoms with Crippen molar-refractivity contribution in [2.24, 2.45) is 0 Å². The lowest BCUT2D eigenvalue weighted by Crippen LogP contribution is -2.19. The first-order valence-corrected chi connectivity index (χ1v) is 7.02. The summed E-state index contributed by atoms with van der Waals surface area (Å²) in [6.07, 6.45) is 0. The van der Waals surface area contributed by atoms with Crippen LogP contribution in [0, 0.1) is 18.6 Å². The van der Waals surface area contributed by atoms with Gasteiger partial charge in [0.05, 0.1) is 10.5 Å². The molecule has 0 saturated carbocycles. The Morgan fingerprint density at radius 2 is 1.94 bits per heavy atom. The maximum Gasteiger partial charge on any atom is 0.145 e. The number of halogens is 3. The van der Waals surface area contributed by atoms with Crippen LogP contribution in [0.2, 0.25) is 0 Å². The Kier molecular flexibility index (Phi) is 4.14. The van der Waals surface area contributed by atoms with E-state index in [2.05, 4.69) is 21.2 Å². The van der Waals surface area contributed by atoms with Gasteiger partial charge in [-0.2, -0.15) is 0 Å². The number of hydrogen-bond donors (Lipinski definition) is 1. The van der Waals surface area contributed by atoms with Crippen LogP contribution in [-0.4, -0.2) is 7.05 Å². The number of hydrogen-bond acceptors (Lipinski definition) is 2. The fourth-order valence-electron chi connectivity index (χ4n) is 1.84. The van der Waals surface area contributed by atoms with E-state index in [1.807, 2.05) is 19.1 Å². The Morgan fingerprint density at radius 1 is 1.22 bits per heavy atom. The van der Waals surface area contributed by atoms with E-state index in [-0.39, 0.29) is 10.0 Å². The Labute approximate surface area is 117 Å². The first kappa shape index (κ1) is 13.6. The maximum absolute atomic E-state index is 14.1. The third-order valence-electron chi connectivity index (χ3n) is 2.70. The van der Waals surface area contributed by atoms with Crippen LogP contribution >= 0.6 is 27.3 Å². The first-order chi connectivity index (χ1) is 8.54. The summed E-state index contributed by atoms with van der Waals surface area (Å²) in [5.41, 5.74) is 0.0497. The molecule has 1 nitrogen and oxygen atoms in total. The average molecular weight is 332 g/mol. The SMILES string of the molecule is CNC(c1ccc(C)s1)c1c(F)ccc(Br)c1F. The van der Waals surface area contributed by atoms with Crippen molar-refractivity contribution in [3.63, 3.8) is 0 Å². The Bertz CT molecular complexity index is 568. The van der Waals surface area contributed by atoms with Gasteiger partial charge < -0.3 is 5.32 Å². The molecule has 0 aliphatic rings. The minimum Gasteiger partial charge on any atom is -0.308 e. The summed E-state index contributed by atoms with van der Waals surface area (Å²) in [4.78, 5) is 2.01. The van der Waals surface area contributed by atoms with Crippen LogP contribution in [0.3, 0.4) is 0 Å². The van der Waals surface area contributed by atoms with Gasteiger partial charge in [0.2, 0.25) is 0 Å². The van der Waals surface area contributed by atoms with E-state index in [4.69, 9.17) is 0 Å². The standard InChI is InChI=1S/C13H12BrF2NS/c1-7-3-6-10(18-7)13(17-2)11-9(15)5-4-8(14)12(11)16/h3-6,13,17H,1-2H3. The second-order valence-corrected chi connectivity index (χ2v) is 6.10. The molecule has 96 valence electrons. The topological polar surface area (TPSA) is 12.0 Å². The molecule has 1 aromatic carbocycles. The second-order valence-electron chi connectivity index (χ2n) is 3.93. The molecule has 1 heterocycles. The third-order valence-corrected chi connectivity index (χ3v) is 4.38. The van der Waals surface area contributed by atoms with E-state index in [1.165, 1.54) is 23.5 Å². The molecule has 1 N–H and O–H groups in total. The molecule has 18 heavy (non-hydrogen) atoms. The lowest BCUT2D eigenvalue weighted by molar-refractivity contribution is 0.521. The molecular formula is C13H12BrF2NS. The van der Waals surface area contributed by atoms with Crippen molar-refractivity contribution in [3.05, 3.63) is 55.7 Å². The Balaban J connectivity index is 2.55. The smallest absolute Gasteiger partial charge is 0.145 e. The second kappa shape index (κ2) is 5.47. The molecule has 2 aromatic rings. The molecule has 0 bridgehead atoms. The number of benzene rings is 1. The van der Waals surface area contributed by atoms with Gasteiger partial charge in [0.25, 0.3) is 0 Å². The van der Waals surface area contributed by atoms with Crippen LogP contribution in [0.15, 0.2) is 28.7 Å². The summed E-state index contributed by atoms with van der Waals surface area (Å²) in [7, 11) is 1.69. The van der Waals surface area contributed by atoms with Crippen LogP contribution < -0.4 is 5.32 Å². The van der Waals surface area contributed by atoms with E-state index in [0.717, 1.165) is 9.75 Å². The van der Waals surface area contributed by atoms with E-state index in [9.17, 15) is 8.78 Å². The van der Waals surface area contributed by atoms with Gasteiger partial charge in [-0.3, -0.25) is 0 Å². The average Bonchev–Trinajstić information content (AvgIpc) is 2.76. The molecule has 0 radical (unpaired) electrons. The monoisotopic (exact) mass is 331 g/mol. The fourth-order valence-corrected chi connectivity index (χ4v) is 3.19. The molecule has 0 spiro atoms. The first-order valence-electron chi connectivity index (χ1n) is 5.41. The molecule has 1 aromatic heterocycles. The number of aryl methyl sites for hydroxylation is 1. The summed E-state index contributed by atoms with van der Waals surface area (Å²) in [6.45, 7) is 1.97. The van der Waals surface area contributed by atoms with Crippen molar-refractivity contribution in [3.8, 4) is 0 Å². The summed E-state index contributed by atoms with van der Waals surface area (Å²) >= 11 is 4.62. The highest BCUT2D eigenvalue weighted by Gasteiger charge is 2.23. The molecule has 0 aliphatic carbocycles. The van der Waals surface area contributed by atoms with Gasteiger partial charge in [-0.1, -0.05) is 0 Å². The van der Waals surface area contributed by atoms with Crippen molar-refractivity contribution in [2.45, 2.75) is 13.0 Å². The fraction of sp³-hybridized carbons (Fsp3) is 0.231. The Hall–Kier alpha value is -0.780.